The molecule has 7 nitrogen and oxygen atoms in total. The van der Waals surface area contributed by atoms with E-state index in [4.69, 9.17) is 23.2 Å². The van der Waals surface area contributed by atoms with Crippen LogP contribution in [0.5, 0.6) is 0 Å². The van der Waals surface area contributed by atoms with Gasteiger partial charge in [-0.05, 0) is 48.7 Å². The largest absolute Gasteiger partial charge is 0.417 e. The van der Waals surface area contributed by atoms with Crippen molar-refractivity contribution in [2.45, 2.75) is 45.5 Å². The van der Waals surface area contributed by atoms with Crippen LogP contribution < -0.4 is 9.62 Å². The highest BCUT2D eigenvalue weighted by atomic mass is 35.5. The highest BCUT2D eigenvalue weighted by molar-refractivity contribution is 7.92. The SMILES string of the molecule is CCCNC(=O)C(CC)N(Cc1ccc(Cl)cc1)C(=O)CN(c1ccc(Cl)c(C(F)(F)F)c1)S(C)(=O)=O. The number of benzene rings is 2. The Morgan fingerprint density at radius 3 is 2.19 bits per heavy atom. The van der Waals surface area contributed by atoms with E-state index in [2.05, 4.69) is 5.32 Å². The molecule has 2 aromatic rings. The van der Waals surface area contributed by atoms with Crippen molar-refractivity contribution in [1.82, 2.24) is 10.2 Å². The van der Waals surface area contributed by atoms with Gasteiger partial charge in [0.15, 0.2) is 0 Å². The lowest BCUT2D eigenvalue weighted by atomic mass is 10.1. The highest BCUT2D eigenvalue weighted by Gasteiger charge is 2.36. The summed E-state index contributed by atoms with van der Waals surface area (Å²) in [4.78, 5) is 27.6. The van der Waals surface area contributed by atoms with E-state index in [1.54, 1.807) is 31.2 Å². The fourth-order valence-corrected chi connectivity index (χ4v) is 4.76. The highest BCUT2D eigenvalue weighted by Crippen LogP contribution is 2.37. The van der Waals surface area contributed by atoms with Gasteiger partial charge in [-0.1, -0.05) is 49.2 Å². The maximum Gasteiger partial charge on any atom is 0.417 e. The van der Waals surface area contributed by atoms with E-state index in [0.717, 1.165) is 18.4 Å². The summed E-state index contributed by atoms with van der Waals surface area (Å²) in [6, 6.07) is 8.14. The van der Waals surface area contributed by atoms with Crippen LogP contribution in [0.1, 0.15) is 37.8 Å². The molecule has 0 heterocycles. The first kappa shape index (κ1) is 30.7. The molecule has 0 saturated carbocycles. The number of anilines is 1. The minimum atomic E-state index is -4.84. The quantitative estimate of drug-likeness (QED) is 0.399. The molecule has 0 fully saturated rings. The van der Waals surface area contributed by atoms with Gasteiger partial charge < -0.3 is 10.2 Å². The summed E-state index contributed by atoms with van der Waals surface area (Å²) in [6.45, 7) is 3.05. The Hall–Kier alpha value is -2.50. The van der Waals surface area contributed by atoms with Crippen molar-refractivity contribution in [3.63, 3.8) is 0 Å². The number of sulfonamides is 1. The number of carbonyl (C=O) groups is 2. The fraction of sp³-hybridized carbons (Fsp3) is 0.417. The number of carbonyl (C=O) groups excluding carboxylic acids is 2. The van der Waals surface area contributed by atoms with Crippen LogP contribution in [0.25, 0.3) is 0 Å². The Balaban J connectivity index is 2.50. The summed E-state index contributed by atoms with van der Waals surface area (Å²) in [5.41, 5.74) is -1.00. The molecule has 0 bridgehead atoms. The predicted octanol–water partition coefficient (Wildman–Crippen LogP) is 5.11. The standard InChI is InChI=1S/C24H28Cl2F3N3O4S/c1-4-12-30-23(34)21(5-2)31(14-16-6-8-17(25)9-7-16)22(33)15-32(37(3,35)36)18-10-11-20(26)19(13-18)24(27,28)29/h6-11,13,21H,4-5,12,14-15H2,1-3H3,(H,30,34). The van der Waals surface area contributed by atoms with Crippen LogP contribution in [0.4, 0.5) is 18.9 Å². The molecule has 13 heteroatoms. The number of nitrogens with zero attached hydrogens (tertiary/aromatic N) is 2. The number of rotatable bonds is 11. The molecule has 1 atom stereocenters. The topological polar surface area (TPSA) is 86.8 Å². The molecule has 0 aromatic heterocycles. The first-order chi connectivity index (χ1) is 17.2. The second-order valence-electron chi connectivity index (χ2n) is 8.29. The van der Waals surface area contributed by atoms with E-state index in [-0.39, 0.29) is 18.7 Å². The molecule has 1 unspecified atom stereocenters. The second kappa shape index (κ2) is 12.8. The summed E-state index contributed by atoms with van der Waals surface area (Å²) in [5.74, 6) is -1.20. The molecule has 2 rings (SSSR count). The van der Waals surface area contributed by atoms with E-state index >= 15 is 0 Å². The average Bonchev–Trinajstić information content (AvgIpc) is 2.81. The molecule has 0 aliphatic rings. The molecule has 2 amide bonds. The lowest BCUT2D eigenvalue weighted by Crippen LogP contribution is -2.52. The molecule has 37 heavy (non-hydrogen) atoms. The summed E-state index contributed by atoms with van der Waals surface area (Å²) in [7, 11) is -4.21. The molecule has 0 spiro atoms. The molecule has 0 radical (unpaired) electrons. The van der Waals surface area contributed by atoms with Crippen LogP contribution >= 0.6 is 23.2 Å². The van der Waals surface area contributed by atoms with Gasteiger partial charge in [-0.2, -0.15) is 13.2 Å². The molecule has 1 N–H and O–H groups in total. The van der Waals surface area contributed by atoms with E-state index in [1.807, 2.05) is 6.92 Å². The Morgan fingerprint density at radius 2 is 1.68 bits per heavy atom. The van der Waals surface area contributed by atoms with Crippen LogP contribution in [0.15, 0.2) is 42.5 Å². The molecular weight excluding hydrogens is 554 g/mol. The Labute approximate surface area is 224 Å². The van der Waals surface area contributed by atoms with Gasteiger partial charge in [0.1, 0.15) is 12.6 Å². The van der Waals surface area contributed by atoms with Crippen LogP contribution in [-0.2, 0) is 32.3 Å². The molecule has 0 saturated heterocycles. The van der Waals surface area contributed by atoms with Gasteiger partial charge in [0.2, 0.25) is 21.8 Å². The van der Waals surface area contributed by atoms with Crippen molar-refractivity contribution < 1.29 is 31.2 Å². The van der Waals surface area contributed by atoms with Gasteiger partial charge in [-0.25, -0.2) is 8.42 Å². The lowest BCUT2D eigenvalue weighted by Gasteiger charge is -2.33. The second-order valence-corrected chi connectivity index (χ2v) is 11.0. The third-order valence-corrected chi connectivity index (χ3v) is 7.15. The van der Waals surface area contributed by atoms with Gasteiger partial charge in [0, 0.05) is 18.1 Å². The van der Waals surface area contributed by atoms with Crippen LogP contribution in [0, 0.1) is 0 Å². The first-order valence-electron chi connectivity index (χ1n) is 11.3. The van der Waals surface area contributed by atoms with Crippen LogP contribution in [0.3, 0.4) is 0 Å². The molecule has 0 aliphatic carbocycles. The zero-order valence-corrected chi connectivity index (χ0v) is 22.8. The number of alkyl halides is 3. The van der Waals surface area contributed by atoms with Crippen molar-refractivity contribution in [3.05, 3.63) is 63.6 Å². The summed E-state index contributed by atoms with van der Waals surface area (Å²) < 4.78 is 66.0. The van der Waals surface area contributed by atoms with Crippen molar-refractivity contribution >= 4 is 50.7 Å². The average molecular weight is 582 g/mol. The lowest BCUT2D eigenvalue weighted by molar-refractivity contribution is -0.140. The molecule has 2 aromatic carbocycles. The fourth-order valence-electron chi connectivity index (χ4n) is 3.57. The van der Waals surface area contributed by atoms with Crippen molar-refractivity contribution in [3.8, 4) is 0 Å². The molecule has 204 valence electrons. The van der Waals surface area contributed by atoms with Gasteiger partial charge in [0.05, 0.1) is 22.5 Å². The van der Waals surface area contributed by atoms with Gasteiger partial charge >= 0.3 is 6.18 Å². The van der Waals surface area contributed by atoms with E-state index < -0.39 is 51.2 Å². The number of nitrogens with one attached hydrogen (secondary N) is 1. The van der Waals surface area contributed by atoms with E-state index in [1.165, 1.54) is 4.90 Å². The van der Waals surface area contributed by atoms with Gasteiger partial charge in [-0.15, -0.1) is 0 Å². The van der Waals surface area contributed by atoms with Crippen molar-refractivity contribution in [2.75, 3.05) is 23.7 Å². The molecule has 0 aliphatic heterocycles. The van der Waals surface area contributed by atoms with Crippen molar-refractivity contribution in [2.24, 2.45) is 0 Å². The normalized spacial score (nSPS) is 12.6. The van der Waals surface area contributed by atoms with Gasteiger partial charge in [0.25, 0.3) is 0 Å². The zero-order chi connectivity index (χ0) is 28.0. The van der Waals surface area contributed by atoms with E-state index in [9.17, 15) is 31.2 Å². The van der Waals surface area contributed by atoms with Gasteiger partial charge in [-0.3, -0.25) is 13.9 Å². The zero-order valence-electron chi connectivity index (χ0n) is 20.5. The Morgan fingerprint density at radius 1 is 1.05 bits per heavy atom. The monoisotopic (exact) mass is 581 g/mol. The van der Waals surface area contributed by atoms with E-state index in [0.29, 0.717) is 33.9 Å². The third-order valence-electron chi connectivity index (χ3n) is 5.42. The maximum absolute atomic E-state index is 13.5. The van der Waals surface area contributed by atoms with Crippen molar-refractivity contribution in [1.29, 1.82) is 0 Å². The smallest absolute Gasteiger partial charge is 0.354 e. The number of hydrogen-bond acceptors (Lipinski definition) is 4. The minimum absolute atomic E-state index is 0.0555. The summed E-state index contributed by atoms with van der Waals surface area (Å²) in [5, 5.41) is 2.58. The number of amides is 2. The Bertz CT molecular complexity index is 1210. The van der Waals surface area contributed by atoms with Crippen LogP contribution in [0.2, 0.25) is 10.0 Å². The predicted molar refractivity (Wildman–Crippen MR) is 138 cm³/mol. The minimum Gasteiger partial charge on any atom is -0.354 e. The molecular formula is C24H28Cl2F3N3O4S. The third kappa shape index (κ3) is 8.51. The Kier molecular flexibility index (Phi) is 10.7. The maximum atomic E-state index is 13.5. The number of hydrogen-bond donors (Lipinski definition) is 1. The number of halogens is 5. The summed E-state index contributed by atoms with van der Waals surface area (Å²) >= 11 is 11.6. The van der Waals surface area contributed by atoms with Crippen LogP contribution in [-0.4, -0.2) is 50.5 Å². The first-order valence-corrected chi connectivity index (χ1v) is 14.0. The summed E-state index contributed by atoms with van der Waals surface area (Å²) in [6.07, 6.45) is -3.19.